The molecule has 4 heteroatoms. The molecular formula is C17H23NO3. The quantitative estimate of drug-likeness (QED) is 0.855. The van der Waals surface area contributed by atoms with Gasteiger partial charge in [-0.05, 0) is 25.0 Å². The Bertz CT molecular complexity index is 460. The van der Waals surface area contributed by atoms with E-state index in [1.54, 1.807) is 0 Å². The number of ether oxygens (including phenoxy) is 2. The fourth-order valence-electron chi connectivity index (χ4n) is 3.32. The van der Waals surface area contributed by atoms with Crippen molar-refractivity contribution in [1.82, 2.24) is 4.90 Å². The number of hydrogen-bond donors (Lipinski definition) is 0. The van der Waals surface area contributed by atoms with Crippen LogP contribution in [0.25, 0.3) is 0 Å². The van der Waals surface area contributed by atoms with Crippen LogP contribution in [-0.2, 0) is 9.53 Å². The standard InChI is InChI=1S/C17H23NO3/c19-17(10-12-20-14-6-2-1-3-7-14)18-11-13-21-16-9-5-4-8-15(16)18/h1-3,6-7,15-16H,4-5,8-13H2/t15-,16-/m1/s1. The predicted octanol–water partition coefficient (Wildman–Crippen LogP) is 2.63. The summed E-state index contributed by atoms with van der Waals surface area (Å²) in [6.07, 6.45) is 5.30. The third kappa shape index (κ3) is 3.56. The molecule has 0 aromatic heterocycles. The Balaban J connectivity index is 1.50. The highest BCUT2D eigenvalue weighted by molar-refractivity contribution is 5.76. The van der Waals surface area contributed by atoms with Gasteiger partial charge in [-0.15, -0.1) is 0 Å². The molecule has 2 atom stereocenters. The van der Waals surface area contributed by atoms with Crippen molar-refractivity contribution in [1.29, 1.82) is 0 Å². The van der Waals surface area contributed by atoms with Crippen molar-refractivity contribution in [3.8, 4) is 5.75 Å². The third-order valence-corrected chi connectivity index (χ3v) is 4.38. The van der Waals surface area contributed by atoms with Gasteiger partial charge in [-0.2, -0.15) is 0 Å². The lowest BCUT2D eigenvalue weighted by molar-refractivity contribution is -0.150. The summed E-state index contributed by atoms with van der Waals surface area (Å²) < 4.78 is 11.4. The maximum Gasteiger partial charge on any atom is 0.226 e. The molecule has 1 amide bonds. The fourth-order valence-corrected chi connectivity index (χ4v) is 3.32. The second kappa shape index (κ2) is 6.94. The molecule has 1 aromatic carbocycles. The highest BCUT2D eigenvalue weighted by Gasteiger charge is 2.36. The normalized spacial score (nSPS) is 25.2. The van der Waals surface area contributed by atoms with E-state index in [1.807, 2.05) is 35.2 Å². The van der Waals surface area contributed by atoms with E-state index in [4.69, 9.17) is 9.47 Å². The molecule has 1 aliphatic heterocycles. The second-order valence-corrected chi connectivity index (χ2v) is 5.76. The van der Waals surface area contributed by atoms with Gasteiger partial charge in [0.2, 0.25) is 5.91 Å². The number of nitrogens with zero attached hydrogens (tertiary/aromatic N) is 1. The van der Waals surface area contributed by atoms with E-state index in [9.17, 15) is 4.79 Å². The number of benzene rings is 1. The van der Waals surface area contributed by atoms with Crippen LogP contribution >= 0.6 is 0 Å². The summed E-state index contributed by atoms with van der Waals surface area (Å²) in [6, 6.07) is 9.94. The molecule has 0 unspecified atom stereocenters. The number of fused-ring (bicyclic) bond motifs is 1. The van der Waals surface area contributed by atoms with E-state index in [0.29, 0.717) is 19.6 Å². The highest BCUT2D eigenvalue weighted by atomic mass is 16.5. The molecule has 1 aliphatic carbocycles. The highest BCUT2D eigenvalue weighted by Crippen LogP contribution is 2.28. The molecule has 2 aliphatic rings. The lowest BCUT2D eigenvalue weighted by atomic mass is 9.90. The van der Waals surface area contributed by atoms with Gasteiger partial charge in [0.15, 0.2) is 0 Å². The smallest absolute Gasteiger partial charge is 0.226 e. The third-order valence-electron chi connectivity index (χ3n) is 4.38. The second-order valence-electron chi connectivity index (χ2n) is 5.76. The van der Waals surface area contributed by atoms with Gasteiger partial charge in [0.1, 0.15) is 5.75 Å². The minimum Gasteiger partial charge on any atom is -0.493 e. The van der Waals surface area contributed by atoms with Crippen molar-refractivity contribution in [2.75, 3.05) is 19.8 Å². The average molecular weight is 289 g/mol. The van der Waals surface area contributed by atoms with Crippen LogP contribution in [0.3, 0.4) is 0 Å². The molecule has 2 fully saturated rings. The number of rotatable bonds is 4. The average Bonchev–Trinajstić information content (AvgIpc) is 2.55. The molecule has 0 bridgehead atoms. The number of carbonyl (C=O) groups is 1. The van der Waals surface area contributed by atoms with Crippen molar-refractivity contribution >= 4 is 5.91 Å². The Morgan fingerprint density at radius 2 is 2.05 bits per heavy atom. The molecule has 1 aromatic rings. The molecule has 0 spiro atoms. The van der Waals surface area contributed by atoms with Crippen LogP contribution < -0.4 is 4.74 Å². The number of amides is 1. The first kappa shape index (κ1) is 14.4. The zero-order valence-corrected chi connectivity index (χ0v) is 12.4. The molecule has 1 saturated carbocycles. The SMILES string of the molecule is O=C(CCOc1ccccc1)N1CCO[C@@H]2CCCC[C@H]21. The Hall–Kier alpha value is -1.55. The van der Waals surface area contributed by atoms with E-state index < -0.39 is 0 Å². The summed E-state index contributed by atoms with van der Waals surface area (Å²) in [5.74, 6) is 1.02. The predicted molar refractivity (Wildman–Crippen MR) is 80.3 cm³/mol. The fraction of sp³-hybridized carbons (Fsp3) is 0.588. The molecule has 3 rings (SSSR count). The van der Waals surface area contributed by atoms with E-state index in [0.717, 1.165) is 25.1 Å². The summed E-state index contributed by atoms with van der Waals surface area (Å²) in [4.78, 5) is 14.5. The molecule has 0 radical (unpaired) electrons. The first-order chi connectivity index (χ1) is 10.3. The van der Waals surface area contributed by atoms with Crippen molar-refractivity contribution in [3.63, 3.8) is 0 Å². The molecule has 114 valence electrons. The Morgan fingerprint density at radius 1 is 1.24 bits per heavy atom. The molecule has 4 nitrogen and oxygen atoms in total. The van der Waals surface area contributed by atoms with E-state index >= 15 is 0 Å². The minimum absolute atomic E-state index is 0.200. The van der Waals surface area contributed by atoms with E-state index in [2.05, 4.69) is 0 Å². The molecular weight excluding hydrogens is 266 g/mol. The van der Waals surface area contributed by atoms with Gasteiger partial charge in [-0.1, -0.05) is 31.0 Å². The lowest BCUT2D eigenvalue weighted by Gasteiger charge is -2.43. The van der Waals surface area contributed by atoms with Gasteiger partial charge < -0.3 is 14.4 Å². The summed E-state index contributed by atoms with van der Waals surface area (Å²) in [6.45, 7) is 1.84. The monoisotopic (exact) mass is 289 g/mol. The van der Waals surface area contributed by atoms with Crippen LogP contribution in [-0.4, -0.2) is 42.7 Å². The molecule has 0 N–H and O–H groups in total. The first-order valence-corrected chi connectivity index (χ1v) is 7.93. The zero-order chi connectivity index (χ0) is 14.5. The summed E-state index contributed by atoms with van der Waals surface area (Å²) in [7, 11) is 0. The number of carbonyl (C=O) groups excluding carboxylic acids is 1. The Morgan fingerprint density at radius 3 is 2.90 bits per heavy atom. The Kier molecular flexibility index (Phi) is 4.76. The Labute approximate surface area is 126 Å². The van der Waals surface area contributed by atoms with Gasteiger partial charge in [-0.3, -0.25) is 4.79 Å². The van der Waals surface area contributed by atoms with Crippen molar-refractivity contribution in [2.24, 2.45) is 0 Å². The summed E-state index contributed by atoms with van der Waals surface area (Å²) >= 11 is 0. The van der Waals surface area contributed by atoms with Crippen LogP contribution in [0.15, 0.2) is 30.3 Å². The number of morpholine rings is 1. The van der Waals surface area contributed by atoms with E-state index in [-0.39, 0.29) is 18.1 Å². The maximum atomic E-state index is 12.4. The van der Waals surface area contributed by atoms with Crippen LogP contribution in [0, 0.1) is 0 Å². The first-order valence-electron chi connectivity index (χ1n) is 7.93. The van der Waals surface area contributed by atoms with Gasteiger partial charge in [0, 0.05) is 6.54 Å². The summed E-state index contributed by atoms with van der Waals surface area (Å²) in [5, 5.41) is 0. The van der Waals surface area contributed by atoms with Crippen molar-refractivity contribution < 1.29 is 14.3 Å². The van der Waals surface area contributed by atoms with Crippen LogP contribution in [0.5, 0.6) is 5.75 Å². The number of para-hydroxylation sites is 1. The van der Waals surface area contributed by atoms with Gasteiger partial charge in [0.25, 0.3) is 0 Å². The lowest BCUT2D eigenvalue weighted by Crippen LogP contribution is -2.55. The van der Waals surface area contributed by atoms with Crippen LogP contribution in [0.1, 0.15) is 32.1 Å². The van der Waals surface area contributed by atoms with Crippen LogP contribution in [0.2, 0.25) is 0 Å². The molecule has 1 heterocycles. The zero-order valence-electron chi connectivity index (χ0n) is 12.4. The molecule has 1 saturated heterocycles. The van der Waals surface area contributed by atoms with Crippen molar-refractivity contribution in [3.05, 3.63) is 30.3 Å². The van der Waals surface area contributed by atoms with Crippen LogP contribution in [0.4, 0.5) is 0 Å². The molecule has 21 heavy (non-hydrogen) atoms. The van der Waals surface area contributed by atoms with Crippen molar-refractivity contribution in [2.45, 2.75) is 44.2 Å². The van der Waals surface area contributed by atoms with Gasteiger partial charge >= 0.3 is 0 Å². The number of hydrogen-bond acceptors (Lipinski definition) is 3. The largest absolute Gasteiger partial charge is 0.493 e. The minimum atomic E-state index is 0.200. The van der Waals surface area contributed by atoms with E-state index in [1.165, 1.54) is 12.8 Å². The van der Waals surface area contributed by atoms with Gasteiger partial charge in [-0.25, -0.2) is 0 Å². The topological polar surface area (TPSA) is 38.8 Å². The summed E-state index contributed by atoms with van der Waals surface area (Å²) in [5.41, 5.74) is 0. The maximum absolute atomic E-state index is 12.4. The van der Waals surface area contributed by atoms with Gasteiger partial charge in [0.05, 0.1) is 31.8 Å².